The molecule has 0 aliphatic rings. The van der Waals surface area contributed by atoms with E-state index in [1.807, 2.05) is 36.1 Å². The SMILES string of the molecule is CCN(CCC(C)c1ccc(C)o1)CCn1cccn1. The molecule has 0 bridgehead atoms. The quantitative estimate of drug-likeness (QED) is 0.741. The number of hydrogen-bond acceptors (Lipinski definition) is 3. The van der Waals surface area contributed by atoms with Gasteiger partial charge in [0.05, 0.1) is 6.54 Å². The highest BCUT2D eigenvalue weighted by Gasteiger charge is 2.11. The molecule has 1 atom stereocenters. The van der Waals surface area contributed by atoms with Gasteiger partial charge in [0.1, 0.15) is 11.5 Å². The fourth-order valence-electron chi connectivity index (χ4n) is 2.34. The number of nitrogens with zero attached hydrogens (tertiary/aromatic N) is 3. The Bertz CT molecular complexity index is 490. The van der Waals surface area contributed by atoms with Crippen LogP contribution in [-0.4, -0.2) is 34.3 Å². The third-order valence-corrected chi connectivity index (χ3v) is 3.78. The number of aryl methyl sites for hydroxylation is 1. The normalized spacial score (nSPS) is 13.0. The molecule has 0 fully saturated rings. The summed E-state index contributed by atoms with van der Waals surface area (Å²) in [4.78, 5) is 2.47. The maximum absolute atomic E-state index is 5.70. The van der Waals surface area contributed by atoms with Gasteiger partial charge in [-0.05, 0) is 44.6 Å². The van der Waals surface area contributed by atoms with E-state index in [-0.39, 0.29) is 0 Å². The molecule has 110 valence electrons. The summed E-state index contributed by atoms with van der Waals surface area (Å²) in [6.45, 7) is 10.6. The third-order valence-electron chi connectivity index (χ3n) is 3.78. The lowest BCUT2D eigenvalue weighted by Crippen LogP contribution is -2.29. The van der Waals surface area contributed by atoms with E-state index in [1.165, 1.54) is 0 Å². The van der Waals surface area contributed by atoms with Crippen molar-refractivity contribution in [3.63, 3.8) is 0 Å². The van der Waals surface area contributed by atoms with Crippen molar-refractivity contribution in [3.8, 4) is 0 Å². The average Bonchev–Trinajstić information content (AvgIpc) is 3.10. The topological polar surface area (TPSA) is 34.2 Å². The first-order valence-corrected chi connectivity index (χ1v) is 7.45. The van der Waals surface area contributed by atoms with E-state index in [0.717, 1.165) is 44.1 Å². The van der Waals surface area contributed by atoms with Gasteiger partial charge < -0.3 is 9.32 Å². The number of rotatable bonds is 8. The van der Waals surface area contributed by atoms with Crippen molar-refractivity contribution in [2.45, 2.75) is 39.7 Å². The molecule has 0 aliphatic heterocycles. The van der Waals surface area contributed by atoms with Crippen LogP contribution >= 0.6 is 0 Å². The van der Waals surface area contributed by atoms with Gasteiger partial charge >= 0.3 is 0 Å². The molecule has 20 heavy (non-hydrogen) atoms. The molecule has 2 heterocycles. The zero-order valence-electron chi connectivity index (χ0n) is 12.7. The number of hydrogen-bond donors (Lipinski definition) is 0. The van der Waals surface area contributed by atoms with Crippen LogP contribution in [0.5, 0.6) is 0 Å². The van der Waals surface area contributed by atoms with E-state index < -0.39 is 0 Å². The summed E-state index contributed by atoms with van der Waals surface area (Å²) in [5.41, 5.74) is 0. The van der Waals surface area contributed by atoms with Crippen LogP contribution in [0, 0.1) is 6.92 Å². The molecule has 2 rings (SSSR count). The molecule has 4 nitrogen and oxygen atoms in total. The zero-order valence-corrected chi connectivity index (χ0v) is 12.7. The van der Waals surface area contributed by atoms with Crippen LogP contribution in [0.4, 0.5) is 0 Å². The van der Waals surface area contributed by atoms with Crippen LogP contribution in [-0.2, 0) is 6.54 Å². The summed E-state index contributed by atoms with van der Waals surface area (Å²) in [6, 6.07) is 6.11. The highest BCUT2D eigenvalue weighted by atomic mass is 16.3. The molecule has 0 spiro atoms. The van der Waals surface area contributed by atoms with Gasteiger partial charge in [-0.15, -0.1) is 0 Å². The van der Waals surface area contributed by atoms with Gasteiger partial charge in [0, 0.05) is 24.9 Å². The average molecular weight is 275 g/mol. The Morgan fingerprint density at radius 1 is 1.35 bits per heavy atom. The van der Waals surface area contributed by atoms with Crippen molar-refractivity contribution in [1.82, 2.24) is 14.7 Å². The van der Waals surface area contributed by atoms with Crippen molar-refractivity contribution in [3.05, 3.63) is 42.1 Å². The highest BCUT2D eigenvalue weighted by Crippen LogP contribution is 2.21. The molecule has 0 N–H and O–H groups in total. The largest absolute Gasteiger partial charge is 0.466 e. The fourth-order valence-corrected chi connectivity index (χ4v) is 2.34. The first-order valence-electron chi connectivity index (χ1n) is 7.45. The maximum atomic E-state index is 5.70. The van der Waals surface area contributed by atoms with E-state index in [4.69, 9.17) is 4.42 Å². The second kappa shape index (κ2) is 7.29. The van der Waals surface area contributed by atoms with Gasteiger partial charge in [-0.1, -0.05) is 13.8 Å². The van der Waals surface area contributed by atoms with Gasteiger partial charge in [0.15, 0.2) is 0 Å². The van der Waals surface area contributed by atoms with E-state index in [9.17, 15) is 0 Å². The Morgan fingerprint density at radius 3 is 2.80 bits per heavy atom. The zero-order chi connectivity index (χ0) is 14.4. The van der Waals surface area contributed by atoms with Crippen LogP contribution in [0.15, 0.2) is 35.0 Å². The number of aromatic nitrogens is 2. The molecule has 0 aliphatic carbocycles. The smallest absolute Gasteiger partial charge is 0.107 e. The van der Waals surface area contributed by atoms with Crippen LogP contribution in [0.2, 0.25) is 0 Å². The Morgan fingerprint density at radius 2 is 2.20 bits per heavy atom. The monoisotopic (exact) mass is 275 g/mol. The second-order valence-electron chi connectivity index (χ2n) is 5.34. The molecule has 4 heteroatoms. The number of furan rings is 1. The lowest BCUT2D eigenvalue weighted by molar-refractivity contribution is 0.258. The second-order valence-corrected chi connectivity index (χ2v) is 5.34. The minimum atomic E-state index is 0.474. The van der Waals surface area contributed by atoms with Crippen LogP contribution in [0.1, 0.15) is 37.7 Å². The first-order chi connectivity index (χ1) is 9.69. The first kappa shape index (κ1) is 14.9. The van der Waals surface area contributed by atoms with Gasteiger partial charge in [-0.25, -0.2) is 0 Å². The fraction of sp³-hybridized carbons (Fsp3) is 0.562. The minimum absolute atomic E-state index is 0.474. The molecule has 0 aromatic carbocycles. The van der Waals surface area contributed by atoms with Crippen molar-refractivity contribution in [2.24, 2.45) is 0 Å². The Hall–Kier alpha value is -1.55. The maximum Gasteiger partial charge on any atom is 0.107 e. The van der Waals surface area contributed by atoms with Crippen molar-refractivity contribution < 1.29 is 4.42 Å². The van der Waals surface area contributed by atoms with Crippen molar-refractivity contribution in [1.29, 1.82) is 0 Å². The minimum Gasteiger partial charge on any atom is -0.466 e. The molecule has 1 unspecified atom stereocenters. The lowest BCUT2D eigenvalue weighted by atomic mass is 10.1. The van der Waals surface area contributed by atoms with Crippen LogP contribution < -0.4 is 0 Å². The van der Waals surface area contributed by atoms with Crippen molar-refractivity contribution in [2.75, 3.05) is 19.6 Å². The molecule has 0 saturated heterocycles. The summed E-state index contributed by atoms with van der Waals surface area (Å²) < 4.78 is 7.69. The van der Waals surface area contributed by atoms with E-state index in [0.29, 0.717) is 5.92 Å². The third kappa shape index (κ3) is 4.23. The Kier molecular flexibility index (Phi) is 5.41. The standard InChI is InChI=1S/C16H25N3O/c1-4-18(12-13-19-10-5-9-17-19)11-8-14(2)16-7-6-15(3)20-16/h5-7,9-10,14H,4,8,11-13H2,1-3H3. The van der Waals surface area contributed by atoms with Gasteiger partial charge in [0.2, 0.25) is 0 Å². The Labute approximate surface area is 121 Å². The lowest BCUT2D eigenvalue weighted by Gasteiger charge is -2.21. The predicted octanol–water partition coefficient (Wildman–Crippen LogP) is 3.30. The summed E-state index contributed by atoms with van der Waals surface area (Å²) in [5, 5.41) is 4.24. The Balaban J connectivity index is 1.75. The summed E-state index contributed by atoms with van der Waals surface area (Å²) in [5.74, 6) is 2.57. The van der Waals surface area contributed by atoms with Gasteiger partial charge in [-0.2, -0.15) is 5.10 Å². The van der Waals surface area contributed by atoms with Gasteiger partial charge in [-0.3, -0.25) is 4.68 Å². The van der Waals surface area contributed by atoms with E-state index in [2.05, 4.69) is 29.9 Å². The van der Waals surface area contributed by atoms with Crippen molar-refractivity contribution >= 4 is 0 Å². The molecule has 0 amide bonds. The summed E-state index contributed by atoms with van der Waals surface area (Å²) in [6.07, 6.45) is 4.97. The molecular formula is C16H25N3O. The van der Waals surface area contributed by atoms with Crippen LogP contribution in [0.25, 0.3) is 0 Å². The van der Waals surface area contributed by atoms with E-state index in [1.54, 1.807) is 0 Å². The molecule has 2 aromatic rings. The number of likely N-dealkylation sites (N-methyl/N-ethyl adjacent to an activating group) is 1. The predicted molar refractivity (Wildman–Crippen MR) is 80.8 cm³/mol. The molecule has 2 aromatic heterocycles. The van der Waals surface area contributed by atoms with Crippen LogP contribution in [0.3, 0.4) is 0 Å². The molecule has 0 radical (unpaired) electrons. The van der Waals surface area contributed by atoms with Gasteiger partial charge in [0.25, 0.3) is 0 Å². The van der Waals surface area contributed by atoms with E-state index >= 15 is 0 Å². The summed E-state index contributed by atoms with van der Waals surface area (Å²) in [7, 11) is 0. The highest BCUT2D eigenvalue weighted by molar-refractivity contribution is 5.09. The summed E-state index contributed by atoms with van der Waals surface area (Å²) >= 11 is 0. The molecular weight excluding hydrogens is 250 g/mol. The molecule has 0 saturated carbocycles.